The summed E-state index contributed by atoms with van der Waals surface area (Å²) in [6.45, 7) is 0. The van der Waals surface area contributed by atoms with E-state index in [0.29, 0.717) is 0 Å². The Kier molecular flexibility index (Phi) is 3.32. The van der Waals surface area contributed by atoms with Gasteiger partial charge in [-0.05, 0) is 35.4 Å². The molecule has 80 valence electrons. The van der Waals surface area contributed by atoms with Gasteiger partial charge >= 0.3 is 0 Å². The van der Waals surface area contributed by atoms with Crippen LogP contribution in [0.2, 0.25) is 0 Å². The first-order valence-electron chi connectivity index (χ1n) is 5.00. The number of phenols is 1. The van der Waals surface area contributed by atoms with E-state index in [1.165, 1.54) is 0 Å². The van der Waals surface area contributed by atoms with Crippen molar-refractivity contribution in [1.29, 1.82) is 0 Å². The highest BCUT2D eigenvalue weighted by atomic mass is 32.1. The first kappa shape index (κ1) is 10.8. The molecular weight excluding hydrogens is 216 g/mol. The van der Waals surface area contributed by atoms with Crippen molar-refractivity contribution in [2.24, 2.45) is 0 Å². The monoisotopic (exact) mass is 228 g/mol. The van der Waals surface area contributed by atoms with E-state index in [0.717, 1.165) is 16.0 Å². The van der Waals surface area contributed by atoms with Crippen LogP contribution in [0.4, 0.5) is 0 Å². The lowest BCUT2D eigenvalue weighted by Gasteiger charge is -1.96. The predicted molar refractivity (Wildman–Crippen MR) is 70.7 cm³/mol. The zero-order chi connectivity index (χ0) is 11.4. The van der Waals surface area contributed by atoms with Crippen LogP contribution >= 0.6 is 12.6 Å². The Morgan fingerprint density at radius 2 is 1.19 bits per heavy atom. The van der Waals surface area contributed by atoms with Crippen molar-refractivity contribution in [3.8, 4) is 5.75 Å². The van der Waals surface area contributed by atoms with E-state index >= 15 is 0 Å². The minimum absolute atomic E-state index is 0.288. The molecule has 0 saturated heterocycles. The van der Waals surface area contributed by atoms with E-state index in [-0.39, 0.29) is 5.75 Å². The Morgan fingerprint density at radius 1 is 0.750 bits per heavy atom. The van der Waals surface area contributed by atoms with Crippen LogP contribution in [0.5, 0.6) is 5.75 Å². The molecule has 0 aliphatic carbocycles. The van der Waals surface area contributed by atoms with Crippen LogP contribution in [-0.2, 0) is 0 Å². The fourth-order valence-electron chi connectivity index (χ4n) is 1.36. The second-order valence-corrected chi connectivity index (χ2v) is 4.03. The van der Waals surface area contributed by atoms with Crippen molar-refractivity contribution in [2.75, 3.05) is 0 Å². The van der Waals surface area contributed by atoms with Crippen LogP contribution in [0.15, 0.2) is 53.4 Å². The highest BCUT2D eigenvalue weighted by Crippen LogP contribution is 2.14. The summed E-state index contributed by atoms with van der Waals surface area (Å²) in [6, 6.07) is 15.0. The maximum atomic E-state index is 9.14. The molecular formula is C14H12OS. The molecule has 1 N–H and O–H groups in total. The average Bonchev–Trinajstić information content (AvgIpc) is 2.30. The molecule has 0 bridgehead atoms. The standard InChI is InChI=1S/C14H12OS/c15-13-7-3-11(4-8-13)1-2-12-5-9-14(16)10-6-12/h1-10,15-16H/b2-1+. The van der Waals surface area contributed by atoms with Gasteiger partial charge in [-0.1, -0.05) is 36.4 Å². The fourth-order valence-corrected chi connectivity index (χ4v) is 1.51. The van der Waals surface area contributed by atoms with Crippen LogP contribution in [0.1, 0.15) is 11.1 Å². The molecule has 2 heteroatoms. The van der Waals surface area contributed by atoms with Gasteiger partial charge < -0.3 is 5.11 Å². The number of phenolic OH excluding ortho intramolecular Hbond substituents is 1. The Morgan fingerprint density at radius 3 is 1.69 bits per heavy atom. The van der Waals surface area contributed by atoms with Crippen molar-refractivity contribution in [3.63, 3.8) is 0 Å². The zero-order valence-electron chi connectivity index (χ0n) is 8.67. The topological polar surface area (TPSA) is 20.2 Å². The molecule has 0 spiro atoms. The SMILES string of the molecule is Oc1ccc(/C=C/c2ccc(S)cc2)cc1. The number of benzene rings is 2. The molecule has 0 atom stereocenters. The molecule has 0 fully saturated rings. The first-order valence-corrected chi connectivity index (χ1v) is 5.45. The van der Waals surface area contributed by atoms with Crippen LogP contribution in [0.25, 0.3) is 12.2 Å². The van der Waals surface area contributed by atoms with Gasteiger partial charge in [0.1, 0.15) is 5.75 Å². The summed E-state index contributed by atoms with van der Waals surface area (Å²) in [4.78, 5) is 0.960. The van der Waals surface area contributed by atoms with Gasteiger partial charge in [-0.15, -0.1) is 12.6 Å². The lowest BCUT2D eigenvalue weighted by Crippen LogP contribution is -1.73. The van der Waals surface area contributed by atoms with Gasteiger partial charge in [0.25, 0.3) is 0 Å². The summed E-state index contributed by atoms with van der Waals surface area (Å²) in [5, 5.41) is 9.14. The van der Waals surface area contributed by atoms with Crippen molar-refractivity contribution in [2.45, 2.75) is 4.90 Å². The highest BCUT2D eigenvalue weighted by molar-refractivity contribution is 7.80. The number of hydrogen-bond acceptors (Lipinski definition) is 2. The Labute approximate surface area is 100 Å². The molecule has 2 rings (SSSR count). The predicted octanol–water partition coefficient (Wildman–Crippen LogP) is 3.85. The summed E-state index contributed by atoms with van der Waals surface area (Å²) in [6.07, 6.45) is 4.03. The van der Waals surface area contributed by atoms with Crippen LogP contribution in [0, 0.1) is 0 Å². The van der Waals surface area contributed by atoms with Crippen molar-refractivity contribution in [1.82, 2.24) is 0 Å². The third-order valence-corrected chi connectivity index (χ3v) is 2.55. The van der Waals surface area contributed by atoms with Gasteiger partial charge in [0.15, 0.2) is 0 Å². The van der Waals surface area contributed by atoms with Crippen molar-refractivity contribution >= 4 is 24.8 Å². The van der Waals surface area contributed by atoms with Gasteiger partial charge in [0.2, 0.25) is 0 Å². The summed E-state index contributed by atoms with van der Waals surface area (Å²) < 4.78 is 0. The Balaban J connectivity index is 2.15. The minimum atomic E-state index is 0.288. The smallest absolute Gasteiger partial charge is 0.115 e. The molecule has 0 saturated carbocycles. The number of rotatable bonds is 2. The highest BCUT2D eigenvalue weighted by Gasteiger charge is 1.89. The van der Waals surface area contributed by atoms with E-state index in [1.807, 2.05) is 48.6 Å². The molecule has 0 heterocycles. The minimum Gasteiger partial charge on any atom is -0.508 e. The van der Waals surface area contributed by atoms with Crippen molar-refractivity contribution in [3.05, 3.63) is 59.7 Å². The average molecular weight is 228 g/mol. The lowest BCUT2D eigenvalue weighted by molar-refractivity contribution is 0.475. The van der Waals surface area contributed by atoms with Gasteiger partial charge in [-0.2, -0.15) is 0 Å². The quantitative estimate of drug-likeness (QED) is 0.591. The van der Waals surface area contributed by atoms with Crippen LogP contribution in [-0.4, -0.2) is 5.11 Å². The van der Waals surface area contributed by atoms with E-state index in [9.17, 15) is 0 Å². The van der Waals surface area contributed by atoms with E-state index < -0.39 is 0 Å². The molecule has 0 unspecified atom stereocenters. The molecule has 0 aromatic heterocycles. The number of aromatic hydroxyl groups is 1. The normalized spacial score (nSPS) is 10.8. The lowest BCUT2D eigenvalue weighted by atomic mass is 10.1. The van der Waals surface area contributed by atoms with Gasteiger partial charge in [-0.25, -0.2) is 0 Å². The summed E-state index contributed by atoms with van der Waals surface area (Å²) in [7, 11) is 0. The summed E-state index contributed by atoms with van der Waals surface area (Å²) in [5.41, 5.74) is 2.19. The molecule has 0 aliphatic rings. The first-order chi connectivity index (χ1) is 7.74. The molecule has 2 aromatic carbocycles. The largest absolute Gasteiger partial charge is 0.508 e. The molecule has 1 nitrogen and oxygen atoms in total. The maximum absolute atomic E-state index is 9.14. The molecule has 0 amide bonds. The third kappa shape index (κ3) is 2.91. The third-order valence-electron chi connectivity index (χ3n) is 2.25. The number of thiol groups is 1. The fraction of sp³-hybridized carbons (Fsp3) is 0. The Hall–Kier alpha value is -1.67. The summed E-state index contributed by atoms with van der Waals surface area (Å²) >= 11 is 4.23. The molecule has 0 radical (unpaired) electrons. The summed E-state index contributed by atoms with van der Waals surface area (Å²) in [5.74, 6) is 0.288. The molecule has 2 aromatic rings. The van der Waals surface area contributed by atoms with E-state index in [2.05, 4.69) is 12.6 Å². The number of hydrogen-bond donors (Lipinski definition) is 2. The zero-order valence-corrected chi connectivity index (χ0v) is 9.56. The van der Waals surface area contributed by atoms with Crippen LogP contribution < -0.4 is 0 Å². The Bertz CT molecular complexity index is 436. The van der Waals surface area contributed by atoms with Gasteiger partial charge in [0, 0.05) is 4.90 Å². The molecule has 16 heavy (non-hydrogen) atoms. The van der Waals surface area contributed by atoms with E-state index in [4.69, 9.17) is 5.11 Å². The van der Waals surface area contributed by atoms with Crippen molar-refractivity contribution < 1.29 is 5.11 Å². The second-order valence-electron chi connectivity index (χ2n) is 3.52. The molecule has 0 aliphatic heterocycles. The van der Waals surface area contributed by atoms with Gasteiger partial charge in [0.05, 0.1) is 0 Å². The van der Waals surface area contributed by atoms with Crippen LogP contribution in [0.3, 0.4) is 0 Å². The van der Waals surface area contributed by atoms with Gasteiger partial charge in [-0.3, -0.25) is 0 Å². The second kappa shape index (κ2) is 4.90. The van der Waals surface area contributed by atoms with E-state index in [1.54, 1.807) is 12.1 Å². The maximum Gasteiger partial charge on any atom is 0.115 e.